The van der Waals surface area contributed by atoms with Gasteiger partial charge in [-0.3, -0.25) is 4.90 Å². The second-order valence-corrected chi connectivity index (χ2v) is 11.3. The van der Waals surface area contributed by atoms with Gasteiger partial charge in [-0.1, -0.05) is 19.1 Å². The highest BCUT2D eigenvalue weighted by molar-refractivity contribution is 7.91. The van der Waals surface area contributed by atoms with Crippen molar-refractivity contribution in [1.82, 2.24) is 14.9 Å². The maximum absolute atomic E-state index is 12.5. The molecule has 0 saturated carbocycles. The van der Waals surface area contributed by atoms with Crippen molar-refractivity contribution in [2.24, 2.45) is 0 Å². The molecule has 7 nitrogen and oxygen atoms in total. The molecule has 1 saturated heterocycles. The smallest absolute Gasteiger partial charge is 0.178 e. The maximum atomic E-state index is 12.5. The van der Waals surface area contributed by atoms with Gasteiger partial charge in [-0.15, -0.1) is 0 Å². The maximum Gasteiger partial charge on any atom is 0.178 e. The third kappa shape index (κ3) is 4.91. The molecule has 35 heavy (non-hydrogen) atoms. The largest absolute Gasteiger partial charge is 0.491 e. The summed E-state index contributed by atoms with van der Waals surface area (Å²) in [5.74, 6) is 0.845. The second kappa shape index (κ2) is 9.97. The zero-order valence-corrected chi connectivity index (χ0v) is 21.0. The lowest BCUT2D eigenvalue weighted by Crippen LogP contribution is -2.37. The third-order valence-electron chi connectivity index (χ3n) is 6.57. The number of fused-ring (bicyclic) bond motifs is 3. The molecule has 2 aromatic heterocycles. The lowest BCUT2D eigenvalue weighted by atomic mass is 9.99. The van der Waals surface area contributed by atoms with E-state index >= 15 is 0 Å². The highest BCUT2D eigenvalue weighted by atomic mass is 32.2. The normalized spacial score (nSPS) is 15.1. The number of aromatic amines is 1. The molecule has 0 atom stereocenters. The van der Waals surface area contributed by atoms with Gasteiger partial charge >= 0.3 is 0 Å². The van der Waals surface area contributed by atoms with Crippen molar-refractivity contribution < 1.29 is 17.9 Å². The van der Waals surface area contributed by atoms with Gasteiger partial charge in [0.15, 0.2) is 9.84 Å². The number of hydrogen-bond acceptors (Lipinski definition) is 6. The molecule has 1 N–H and O–H groups in total. The highest BCUT2D eigenvalue weighted by Gasteiger charge is 2.18. The summed E-state index contributed by atoms with van der Waals surface area (Å²) in [6, 6.07) is 13.3. The number of hydrogen-bond donors (Lipinski definition) is 1. The van der Waals surface area contributed by atoms with Crippen LogP contribution < -0.4 is 4.74 Å². The summed E-state index contributed by atoms with van der Waals surface area (Å²) in [6.07, 6.45) is 2.77. The lowest BCUT2D eigenvalue weighted by Gasteiger charge is -2.26. The third-order valence-corrected chi connectivity index (χ3v) is 8.30. The van der Waals surface area contributed by atoms with E-state index < -0.39 is 9.84 Å². The van der Waals surface area contributed by atoms with Crippen LogP contribution in [0.3, 0.4) is 0 Å². The Bertz CT molecular complexity index is 1460. The summed E-state index contributed by atoms with van der Waals surface area (Å²) in [7, 11) is -3.31. The summed E-state index contributed by atoms with van der Waals surface area (Å²) in [4.78, 5) is 10.8. The molecule has 5 rings (SSSR count). The predicted molar refractivity (Wildman–Crippen MR) is 139 cm³/mol. The average molecular weight is 494 g/mol. The van der Waals surface area contributed by atoms with Gasteiger partial charge in [0.2, 0.25) is 0 Å². The van der Waals surface area contributed by atoms with Gasteiger partial charge in [-0.2, -0.15) is 0 Å². The molecule has 0 unspecified atom stereocenters. The fraction of sp³-hybridized carbons (Fsp3) is 0.370. The first-order valence-electron chi connectivity index (χ1n) is 12.1. The second-order valence-electron chi connectivity index (χ2n) is 8.98. The van der Waals surface area contributed by atoms with Gasteiger partial charge in [-0.05, 0) is 60.4 Å². The van der Waals surface area contributed by atoms with Crippen LogP contribution in [0.5, 0.6) is 5.75 Å². The van der Waals surface area contributed by atoms with Crippen molar-refractivity contribution in [2.75, 3.05) is 45.2 Å². The van der Waals surface area contributed by atoms with Crippen LogP contribution in [0.1, 0.15) is 18.9 Å². The van der Waals surface area contributed by atoms with Crippen molar-refractivity contribution in [3.63, 3.8) is 0 Å². The van der Waals surface area contributed by atoms with Crippen LogP contribution in [-0.4, -0.2) is 68.5 Å². The molecule has 1 aliphatic rings. The Hall–Kier alpha value is -2.94. The van der Waals surface area contributed by atoms with E-state index in [4.69, 9.17) is 9.47 Å². The Morgan fingerprint density at radius 2 is 1.97 bits per heavy atom. The summed E-state index contributed by atoms with van der Waals surface area (Å²) < 4.78 is 36.7. The molecule has 184 valence electrons. The van der Waals surface area contributed by atoms with Crippen molar-refractivity contribution in [3.05, 3.63) is 54.2 Å². The van der Waals surface area contributed by atoms with Crippen molar-refractivity contribution in [1.29, 1.82) is 0 Å². The monoisotopic (exact) mass is 493 g/mol. The summed E-state index contributed by atoms with van der Waals surface area (Å²) in [6.45, 7) is 8.81. The van der Waals surface area contributed by atoms with Crippen LogP contribution in [0.2, 0.25) is 0 Å². The van der Waals surface area contributed by atoms with Gasteiger partial charge in [-0.25, -0.2) is 13.4 Å². The number of benzene rings is 2. The number of rotatable bonds is 8. The first kappa shape index (κ1) is 23.8. The first-order valence-corrected chi connectivity index (χ1v) is 13.8. The Labute approximate surface area is 206 Å². The Kier molecular flexibility index (Phi) is 6.77. The fourth-order valence-corrected chi connectivity index (χ4v) is 5.57. The van der Waals surface area contributed by atoms with E-state index in [0.29, 0.717) is 11.5 Å². The van der Waals surface area contributed by atoms with Crippen molar-refractivity contribution in [2.45, 2.75) is 25.2 Å². The number of pyridine rings is 1. The van der Waals surface area contributed by atoms with E-state index in [-0.39, 0.29) is 5.75 Å². The van der Waals surface area contributed by atoms with Gasteiger partial charge in [0, 0.05) is 36.6 Å². The molecule has 3 heterocycles. The molecular weight excluding hydrogens is 462 g/mol. The Morgan fingerprint density at radius 1 is 1.14 bits per heavy atom. The number of morpholine rings is 1. The van der Waals surface area contributed by atoms with E-state index in [9.17, 15) is 8.42 Å². The van der Waals surface area contributed by atoms with E-state index in [1.54, 1.807) is 25.1 Å². The van der Waals surface area contributed by atoms with E-state index in [1.165, 1.54) is 0 Å². The SMILES string of the molecule is CCS(=O)(=O)c1cccc(-c2ccc(OCCCN3CCOCC3)c3[nH]c4ncc(C)cc4c23)c1. The number of aromatic nitrogens is 2. The lowest BCUT2D eigenvalue weighted by molar-refractivity contribution is 0.0358. The molecule has 0 aliphatic carbocycles. The molecule has 1 fully saturated rings. The zero-order chi connectivity index (χ0) is 24.4. The zero-order valence-electron chi connectivity index (χ0n) is 20.2. The molecule has 1 aliphatic heterocycles. The Morgan fingerprint density at radius 3 is 2.77 bits per heavy atom. The van der Waals surface area contributed by atoms with Crippen LogP contribution in [0.15, 0.2) is 53.6 Å². The highest BCUT2D eigenvalue weighted by Crippen LogP contribution is 2.39. The number of nitrogens with one attached hydrogen (secondary N) is 1. The van der Waals surface area contributed by atoms with Crippen LogP contribution in [0.4, 0.5) is 0 Å². The minimum absolute atomic E-state index is 0.0687. The molecule has 0 bridgehead atoms. The standard InChI is InChI=1S/C27H31N3O4S/c1-3-35(31,32)21-7-4-6-20(17-21)22-8-9-24(34-13-5-10-30-11-14-33-15-12-30)26-25(22)23-16-19(2)18-28-27(23)29-26/h4,6-9,16-18H,3,5,10-15H2,1-2H3,(H,28,29). The van der Waals surface area contributed by atoms with Gasteiger partial charge in [0.05, 0.1) is 36.0 Å². The Balaban J connectivity index is 1.52. The average Bonchev–Trinajstić information content (AvgIpc) is 3.26. The van der Waals surface area contributed by atoms with E-state index in [2.05, 4.69) is 20.9 Å². The predicted octanol–water partition coefficient (Wildman–Crippen LogP) is 4.59. The van der Waals surface area contributed by atoms with Crippen LogP contribution in [0, 0.1) is 6.92 Å². The number of aryl methyl sites for hydroxylation is 1. The molecule has 8 heteroatoms. The molecule has 0 radical (unpaired) electrons. The van der Waals surface area contributed by atoms with Crippen molar-refractivity contribution in [3.8, 4) is 16.9 Å². The summed E-state index contributed by atoms with van der Waals surface area (Å²) in [5, 5.41) is 1.99. The minimum Gasteiger partial charge on any atom is -0.491 e. The molecule has 0 amide bonds. The van der Waals surface area contributed by atoms with E-state index in [1.807, 2.05) is 31.3 Å². The first-order chi connectivity index (χ1) is 17.0. The van der Waals surface area contributed by atoms with Crippen LogP contribution in [-0.2, 0) is 14.6 Å². The molecule has 2 aromatic carbocycles. The topological polar surface area (TPSA) is 84.5 Å². The molecular formula is C27H31N3O4S. The minimum atomic E-state index is -3.31. The molecule has 0 spiro atoms. The number of sulfone groups is 1. The number of H-pyrrole nitrogens is 1. The van der Waals surface area contributed by atoms with Crippen LogP contribution in [0.25, 0.3) is 33.1 Å². The summed E-state index contributed by atoms with van der Waals surface area (Å²) >= 11 is 0. The quantitative estimate of drug-likeness (QED) is 0.362. The molecule has 4 aromatic rings. The van der Waals surface area contributed by atoms with Crippen LogP contribution >= 0.6 is 0 Å². The van der Waals surface area contributed by atoms with E-state index in [0.717, 1.165) is 83.6 Å². The number of ether oxygens (including phenoxy) is 2. The van der Waals surface area contributed by atoms with Gasteiger partial charge < -0.3 is 14.5 Å². The fourth-order valence-electron chi connectivity index (χ4n) is 4.64. The number of nitrogens with zero attached hydrogens (tertiary/aromatic N) is 2. The van der Waals surface area contributed by atoms with Gasteiger partial charge in [0.25, 0.3) is 0 Å². The summed E-state index contributed by atoms with van der Waals surface area (Å²) in [5.41, 5.74) is 4.53. The van der Waals surface area contributed by atoms with Gasteiger partial charge in [0.1, 0.15) is 11.4 Å². The van der Waals surface area contributed by atoms with Crippen molar-refractivity contribution >= 4 is 31.8 Å².